The molecule has 0 aliphatic heterocycles. The Balaban J connectivity index is 1.87. The van der Waals surface area contributed by atoms with Crippen molar-refractivity contribution < 1.29 is 23.5 Å². The average molecular weight is 381 g/mol. The lowest BCUT2D eigenvalue weighted by Gasteiger charge is -2.10. The Morgan fingerprint density at radius 1 is 1.04 bits per heavy atom. The molecule has 6 nitrogen and oxygen atoms in total. The monoisotopic (exact) mass is 380 g/mol. The summed E-state index contributed by atoms with van der Waals surface area (Å²) in [6.07, 6.45) is 0.481. The van der Waals surface area contributed by atoms with E-state index in [0.717, 1.165) is 11.6 Å². The molecule has 0 radical (unpaired) electrons. The van der Waals surface area contributed by atoms with E-state index in [2.05, 4.69) is 10.6 Å². The van der Waals surface area contributed by atoms with E-state index in [1.165, 1.54) is 19.2 Å². The smallest absolute Gasteiger partial charge is 0.313 e. The third-order valence-corrected chi connectivity index (χ3v) is 3.77. The van der Waals surface area contributed by atoms with Crippen LogP contribution in [0.4, 0.5) is 10.1 Å². The highest BCUT2D eigenvalue weighted by Crippen LogP contribution is 2.27. The second-order valence-corrected chi connectivity index (χ2v) is 5.71. The summed E-state index contributed by atoms with van der Waals surface area (Å²) >= 11 is 5.63. The van der Waals surface area contributed by atoms with Crippen LogP contribution in [0.5, 0.6) is 11.5 Å². The molecular formula is C18H18ClFN2O4. The molecule has 0 bridgehead atoms. The number of carbonyl (C=O) groups is 2. The van der Waals surface area contributed by atoms with E-state index in [1.807, 2.05) is 6.07 Å². The Morgan fingerprint density at radius 3 is 2.42 bits per heavy atom. The van der Waals surface area contributed by atoms with Gasteiger partial charge in [-0.25, -0.2) is 4.39 Å². The number of ether oxygens (including phenoxy) is 2. The first-order valence-electron chi connectivity index (χ1n) is 7.69. The zero-order chi connectivity index (χ0) is 19.1. The normalized spacial score (nSPS) is 10.2. The Hall–Kier alpha value is -2.80. The van der Waals surface area contributed by atoms with Gasteiger partial charge in [-0.2, -0.15) is 0 Å². The van der Waals surface area contributed by atoms with Crippen LogP contribution in [-0.2, 0) is 16.0 Å². The zero-order valence-corrected chi connectivity index (χ0v) is 15.0. The number of anilines is 1. The van der Waals surface area contributed by atoms with Gasteiger partial charge in [0.15, 0.2) is 11.5 Å². The maximum absolute atomic E-state index is 13.6. The van der Waals surface area contributed by atoms with E-state index in [0.29, 0.717) is 17.9 Å². The predicted octanol–water partition coefficient (Wildman–Crippen LogP) is 2.79. The number of nitrogens with one attached hydrogen (secondary N) is 2. The molecule has 2 amide bonds. The summed E-state index contributed by atoms with van der Waals surface area (Å²) in [5.74, 6) is -1.36. The van der Waals surface area contributed by atoms with Crippen molar-refractivity contribution in [3.8, 4) is 11.5 Å². The molecule has 8 heteroatoms. The fourth-order valence-electron chi connectivity index (χ4n) is 2.21. The molecule has 0 fully saturated rings. The highest BCUT2D eigenvalue weighted by molar-refractivity contribution is 6.39. The molecule has 0 aliphatic carbocycles. The first kappa shape index (κ1) is 19.5. The highest BCUT2D eigenvalue weighted by Gasteiger charge is 2.15. The number of amides is 2. The number of benzene rings is 2. The molecular weight excluding hydrogens is 363 g/mol. The summed E-state index contributed by atoms with van der Waals surface area (Å²) in [4.78, 5) is 23.6. The molecule has 26 heavy (non-hydrogen) atoms. The molecule has 0 heterocycles. The van der Waals surface area contributed by atoms with Crippen molar-refractivity contribution in [3.05, 3.63) is 52.8 Å². The number of rotatable bonds is 6. The molecule has 2 N–H and O–H groups in total. The van der Waals surface area contributed by atoms with Crippen molar-refractivity contribution in [1.82, 2.24) is 5.32 Å². The van der Waals surface area contributed by atoms with Crippen LogP contribution in [0.25, 0.3) is 0 Å². The van der Waals surface area contributed by atoms with Crippen LogP contribution in [0.2, 0.25) is 5.02 Å². The lowest BCUT2D eigenvalue weighted by molar-refractivity contribution is -0.136. The standard InChI is InChI=1S/C18H18ClFN2O4/c1-25-15-6-3-11(9-16(15)26-2)7-8-21-17(23)18(24)22-14-5-4-12(19)10-13(14)20/h3-6,9-10H,7-8H2,1-2H3,(H,21,23)(H,22,24). The molecule has 0 atom stereocenters. The average Bonchev–Trinajstić information content (AvgIpc) is 2.63. The molecule has 0 unspecified atom stereocenters. The van der Waals surface area contributed by atoms with Crippen LogP contribution in [-0.4, -0.2) is 32.6 Å². The molecule has 0 saturated carbocycles. The molecule has 0 aliphatic rings. The molecule has 2 aromatic rings. The largest absolute Gasteiger partial charge is 0.493 e. The molecule has 2 aromatic carbocycles. The van der Waals surface area contributed by atoms with E-state index in [1.54, 1.807) is 19.2 Å². The second kappa shape index (κ2) is 9.05. The molecule has 0 aromatic heterocycles. The molecule has 138 valence electrons. The maximum atomic E-state index is 13.6. The van der Waals surface area contributed by atoms with Crippen molar-refractivity contribution in [2.24, 2.45) is 0 Å². The van der Waals surface area contributed by atoms with Gasteiger partial charge in [-0.15, -0.1) is 0 Å². The molecule has 0 spiro atoms. The molecule has 2 rings (SSSR count). The maximum Gasteiger partial charge on any atom is 0.313 e. The van der Waals surface area contributed by atoms with Crippen LogP contribution in [0.15, 0.2) is 36.4 Å². The second-order valence-electron chi connectivity index (χ2n) is 5.27. The number of carbonyl (C=O) groups excluding carboxylic acids is 2. The van der Waals surface area contributed by atoms with E-state index in [-0.39, 0.29) is 17.3 Å². The van der Waals surface area contributed by atoms with Gasteiger partial charge in [0, 0.05) is 11.6 Å². The van der Waals surface area contributed by atoms with Crippen LogP contribution >= 0.6 is 11.6 Å². The first-order chi connectivity index (χ1) is 12.4. The van der Waals surface area contributed by atoms with Crippen molar-refractivity contribution in [1.29, 1.82) is 0 Å². The highest BCUT2D eigenvalue weighted by atomic mass is 35.5. The van der Waals surface area contributed by atoms with Gasteiger partial charge in [0.05, 0.1) is 19.9 Å². The number of halogens is 2. The predicted molar refractivity (Wildman–Crippen MR) is 96.3 cm³/mol. The number of hydrogen-bond acceptors (Lipinski definition) is 4. The van der Waals surface area contributed by atoms with E-state index >= 15 is 0 Å². The van der Waals surface area contributed by atoms with Gasteiger partial charge in [0.2, 0.25) is 0 Å². The first-order valence-corrected chi connectivity index (χ1v) is 8.07. The van der Waals surface area contributed by atoms with Crippen molar-refractivity contribution in [3.63, 3.8) is 0 Å². The summed E-state index contributed by atoms with van der Waals surface area (Å²) < 4.78 is 24.0. The lowest BCUT2D eigenvalue weighted by Crippen LogP contribution is -2.36. The summed E-state index contributed by atoms with van der Waals surface area (Å²) in [5.41, 5.74) is 0.779. The quantitative estimate of drug-likeness (QED) is 0.755. The number of hydrogen-bond donors (Lipinski definition) is 2. The Kier molecular flexibility index (Phi) is 6.80. The van der Waals surface area contributed by atoms with Crippen LogP contribution in [0.3, 0.4) is 0 Å². The van der Waals surface area contributed by atoms with Crippen LogP contribution in [0, 0.1) is 5.82 Å². The van der Waals surface area contributed by atoms with Crippen LogP contribution in [0.1, 0.15) is 5.56 Å². The van der Waals surface area contributed by atoms with Crippen LogP contribution < -0.4 is 20.1 Å². The Morgan fingerprint density at radius 2 is 1.77 bits per heavy atom. The van der Waals surface area contributed by atoms with Gasteiger partial charge in [-0.05, 0) is 42.3 Å². The van der Waals surface area contributed by atoms with E-state index in [4.69, 9.17) is 21.1 Å². The van der Waals surface area contributed by atoms with Gasteiger partial charge >= 0.3 is 11.8 Å². The SMILES string of the molecule is COc1ccc(CCNC(=O)C(=O)Nc2ccc(Cl)cc2F)cc1OC. The summed E-state index contributed by atoms with van der Waals surface area (Å²) in [6, 6.07) is 9.12. The third-order valence-electron chi connectivity index (χ3n) is 3.53. The number of methoxy groups -OCH3 is 2. The van der Waals surface area contributed by atoms with Gasteiger partial charge < -0.3 is 20.1 Å². The summed E-state index contributed by atoms with van der Waals surface area (Å²) in [6.45, 7) is 0.227. The van der Waals surface area contributed by atoms with Gasteiger partial charge in [-0.1, -0.05) is 17.7 Å². The van der Waals surface area contributed by atoms with Gasteiger partial charge in [-0.3, -0.25) is 9.59 Å². The fourth-order valence-corrected chi connectivity index (χ4v) is 2.37. The van der Waals surface area contributed by atoms with E-state index in [9.17, 15) is 14.0 Å². The summed E-state index contributed by atoms with van der Waals surface area (Å²) in [5, 5.41) is 4.87. The van der Waals surface area contributed by atoms with Crippen molar-refractivity contribution in [2.45, 2.75) is 6.42 Å². The van der Waals surface area contributed by atoms with Gasteiger partial charge in [0.25, 0.3) is 0 Å². The zero-order valence-electron chi connectivity index (χ0n) is 14.3. The van der Waals surface area contributed by atoms with Gasteiger partial charge in [0.1, 0.15) is 5.82 Å². The minimum absolute atomic E-state index is 0.116. The Bertz CT molecular complexity index is 814. The lowest BCUT2D eigenvalue weighted by atomic mass is 10.1. The molecule has 0 saturated heterocycles. The minimum atomic E-state index is -0.960. The van der Waals surface area contributed by atoms with Crippen molar-refractivity contribution >= 4 is 29.1 Å². The van der Waals surface area contributed by atoms with Crippen molar-refractivity contribution in [2.75, 3.05) is 26.1 Å². The minimum Gasteiger partial charge on any atom is -0.493 e. The fraction of sp³-hybridized carbons (Fsp3) is 0.222. The third kappa shape index (κ3) is 5.10. The topological polar surface area (TPSA) is 76.7 Å². The summed E-state index contributed by atoms with van der Waals surface area (Å²) in [7, 11) is 3.07. The Labute approximate surface area is 155 Å². The van der Waals surface area contributed by atoms with E-state index < -0.39 is 17.6 Å².